The molecule has 0 radical (unpaired) electrons. The van der Waals surface area contributed by atoms with Crippen molar-refractivity contribution in [3.63, 3.8) is 0 Å². The molecule has 1 aromatic rings. The minimum Gasteiger partial charge on any atom is -0.381 e. The van der Waals surface area contributed by atoms with Crippen LogP contribution in [0.2, 0.25) is 0 Å². The summed E-state index contributed by atoms with van der Waals surface area (Å²) in [5.41, 5.74) is 1.93. The van der Waals surface area contributed by atoms with Gasteiger partial charge in [-0.25, -0.2) is 4.85 Å². The fourth-order valence-corrected chi connectivity index (χ4v) is 2.34. The summed E-state index contributed by atoms with van der Waals surface area (Å²) in [6.45, 7) is 11.7. The van der Waals surface area contributed by atoms with Crippen molar-refractivity contribution in [2.24, 2.45) is 0 Å². The van der Waals surface area contributed by atoms with Gasteiger partial charge in [-0.15, -0.1) is 0 Å². The third kappa shape index (κ3) is 5.30. The highest BCUT2D eigenvalue weighted by molar-refractivity contribution is 5.45. The van der Waals surface area contributed by atoms with Gasteiger partial charge in [-0.3, -0.25) is 0 Å². The number of nitrogens with zero attached hydrogens (tertiary/aromatic N) is 1. The molecule has 2 rings (SSSR count). The molecule has 0 atom stereocenters. The maximum absolute atomic E-state index is 6.91. The predicted octanol–water partition coefficient (Wildman–Crippen LogP) is 2.49. The highest BCUT2D eigenvalue weighted by Gasteiger charge is 2.11. The Kier molecular flexibility index (Phi) is 6.52. The molecule has 1 aromatic carbocycles. The highest BCUT2D eigenvalue weighted by atomic mass is 16.5. The van der Waals surface area contributed by atoms with E-state index in [4.69, 9.17) is 11.3 Å². The number of nitrogens with one attached hydrogen (secondary N) is 2. The molecule has 1 heterocycles. The van der Waals surface area contributed by atoms with Gasteiger partial charge in [-0.2, -0.15) is 0 Å². The topological polar surface area (TPSA) is 37.7 Å². The van der Waals surface area contributed by atoms with Crippen LogP contribution in [0.25, 0.3) is 4.85 Å². The average molecular weight is 273 g/mol. The molecule has 0 spiro atoms. The first-order valence-electron chi connectivity index (χ1n) is 7.37. The molecule has 4 nitrogen and oxygen atoms in total. The minimum absolute atomic E-state index is 0.643. The summed E-state index contributed by atoms with van der Waals surface area (Å²) in [7, 11) is 0. The van der Waals surface area contributed by atoms with Gasteiger partial charge in [0.05, 0.1) is 6.57 Å². The van der Waals surface area contributed by atoms with E-state index in [1.54, 1.807) is 0 Å². The van der Waals surface area contributed by atoms with E-state index >= 15 is 0 Å². The van der Waals surface area contributed by atoms with E-state index in [0.29, 0.717) is 11.7 Å². The van der Waals surface area contributed by atoms with E-state index in [2.05, 4.69) is 15.5 Å². The van der Waals surface area contributed by atoms with E-state index in [-0.39, 0.29) is 0 Å². The van der Waals surface area contributed by atoms with Crippen molar-refractivity contribution in [3.8, 4) is 0 Å². The van der Waals surface area contributed by atoms with Crippen molar-refractivity contribution in [1.82, 2.24) is 10.6 Å². The number of benzene rings is 1. The van der Waals surface area contributed by atoms with Crippen LogP contribution in [0.1, 0.15) is 24.8 Å². The molecule has 0 saturated carbocycles. The first-order valence-corrected chi connectivity index (χ1v) is 7.37. The number of rotatable bonds is 7. The van der Waals surface area contributed by atoms with Crippen LogP contribution in [0, 0.1) is 6.57 Å². The maximum atomic E-state index is 6.91. The molecule has 1 saturated heterocycles. The number of hydrogen-bond acceptors (Lipinski definition) is 3. The lowest BCUT2D eigenvalue weighted by Gasteiger charge is -2.23. The minimum atomic E-state index is 0.643. The van der Waals surface area contributed by atoms with Gasteiger partial charge in [-0.05, 0) is 37.9 Å². The molecular weight excluding hydrogens is 250 g/mol. The summed E-state index contributed by atoms with van der Waals surface area (Å²) in [5, 5.41) is 7.02. The summed E-state index contributed by atoms with van der Waals surface area (Å²) >= 11 is 0. The Bertz CT molecular complexity index is 418. The summed E-state index contributed by atoms with van der Waals surface area (Å²) in [6.07, 6.45) is 3.42. The van der Waals surface area contributed by atoms with Crippen LogP contribution >= 0.6 is 0 Å². The third-order valence-corrected chi connectivity index (χ3v) is 3.58. The molecule has 2 N–H and O–H groups in total. The van der Waals surface area contributed by atoms with Crippen LogP contribution in [-0.2, 0) is 11.3 Å². The molecule has 0 amide bonds. The lowest BCUT2D eigenvalue weighted by Crippen LogP contribution is -2.36. The van der Waals surface area contributed by atoms with Crippen LogP contribution in [-0.4, -0.2) is 32.3 Å². The zero-order chi connectivity index (χ0) is 14.0. The fourth-order valence-electron chi connectivity index (χ4n) is 2.34. The standard InChI is InChI=1S/C16H23N3O/c1-17-15-5-3-14(4-6-15)13-18-9-2-10-19-16-7-11-20-12-8-16/h3-6,16,18-19H,2,7-13H2. The molecule has 20 heavy (non-hydrogen) atoms. The van der Waals surface area contributed by atoms with Crippen LogP contribution in [0.4, 0.5) is 5.69 Å². The van der Waals surface area contributed by atoms with Crippen molar-refractivity contribution in [3.05, 3.63) is 41.2 Å². The third-order valence-electron chi connectivity index (χ3n) is 3.58. The van der Waals surface area contributed by atoms with Crippen LogP contribution in [0.3, 0.4) is 0 Å². The van der Waals surface area contributed by atoms with Gasteiger partial charge < -0.3 is 15.4 Å². The second kappa shape index (κ2) is 8.70. The van der Waals surface area contributed by atoms with Gasteiger partial charge in [0.15, 0.2) is 5.69 Å². The quantitative estimate of drug-likeness (QED) is 0.592. The van der Waals surface area contributed by atoms with E-state index in [1.165, 1.54) is 5.56 Å². The summed E-state index contributed by atoms with van der Waals surface area (Å²) in [6, 6.07) is 8.42. The Labute approximate surface area is 121 Å². The predicted molar refractivity (Wildman–Crippen MR) is 80.9 cm³/mol. The van der Waals surface area contributed by atoms with Gasteiger partial charge in [0.2, 0.25) is 0 Å². The smallest absolute Gasteiger partial charge is 0.187 e. The molecule has 1 fully saturated rings. The van der Waals surface area contributed by atoms with Gasteiger partial charge in [0.1, 0.15) is 0 Å². The van der Waals surface area contributed by atoms with Crippen molar-refractivity contribution in [2.45, 2.75) is 31.8 Å². The summed E-state index contributed by atoms with van der Waals surface area (Å²) in [5.74, 6) is 0. The van der Waals surface area contributed by atoms with Crippen LogP contribution < -0.4 is 10.6 Å². The maximum Gasteiger partial charge on any atom is 0.187 e. The summed E-state index contributed by atoms with van der Waals surface area (Å²) < 4.78 is 5.34. The van der Waals surface area contributed by atoms with Crippen LogP contribution in [0.5, 0.6) is 0 Å². The molecule has 4 heteroatoms. The second-order valence-electron chi connectivity index (χ2n) is 5.15. The summed E-state index contributed by atoms with van der Waals surface area (Å²) in [4.78, 5) is 3.39. The molecule has 108 valence electrons. The molecule has 1 aliphatic heterocycles. The van der Waals surface area contributed by atoms with Crippen molar-refractivity contribution >= 4 is 5.69 Å². The first-order chi connectivity index (χ1) is 9.88. The lowest BCUT2D eigenvalue weighted by atomic mass is 10.1. The van der Waals surface area contributed by atoms with Gasteiger partial charge in [0.25, 0.3) is 0 Å². The normalized spacial score (nSPS) is 15.9. The Morgan fingerprint density at radius 3 is 2.60 bits per heavy atom. The Morgan fingerprint density at radius 1 is 1.15 bits per heavy atom. The molecular formula is C16H23N3O. The number of hydrogen-bond donors (Lipinski definition) is 2. The van der Waals surface area contributed by atoms with E-state index < -0.39 is 0 Å². The van der Waals surface area contributed by atoms with E-state index in [9.17, 15) is 0 Å². The largest absolute Gasteiger partial charge is 0.381 e. The Balaban J connectivity index is 1.51. The SMILES string of the molecule is [C-]#[N+]c1ccc(CNCCCNC2CCOCC2)cc1. The van der Waals surface area contributed by atoms with Crippen molar-refractivity contribution in [1.29, 1.82) is 0 Å². The Morgan fingerprint density at radius 2 is 1.90 bits per heavy atom. The lowest BCUT2D eigenvalue weighted by molar-refractivity contribution is 0.0780. The van der Waals surface area contributed by atoms with Crippen LogP contribution in [0.15, 0.2) is 24.3 Å². The highest BCUT2D eigenvalue weighted by Crippen LogP contribution is 2.12. The molecule has 1 aliphatic rings. The van der Waals surface area contributed by atoms with Gasteiger partial charge in [0, 0.05) is 25.8 Å². The number of ether oxygens (including phenoxy) is 1. The second-order valence-corrected chi connectivity index (χ2v) is 5.15. The van der Waals surface area contributed by atoms with Crippen molar-refractivity contribution in [2.75, 3.05) is 26.3 Å². The monoisotopic (exact) mass is 273 g/mol. The average Bonchev–Trinajstić information content (AvgIpc) is 2.52. The van der Waals surface area contributed by atoms with Crippen molar-refractivity contribution < 1.29 is 4.74 Å². The Hall–Kier alpha value is -1.41. The molecule has 0 bridgehead atoms. The van der Waals surface area contributed by atoms with E-state index in [0.717, 1.165) is 52.1 Å². The molecule has 0 unspecified atom stereocenters. The zero-order valence-electron chi connectivity index (χ0n) is 11.9. The fraction of sp³-hybridized carbons (Fsp3) is 0.562. The molecule has 0 aliphatic carbocycles. The zero-order valence-corrected chi connectivity index (χ0v) is 11.9. The first kappa shape index (κ1) is 15.0. The van der Waals surface area contributed by atoms with Gasteiger partial charge in [-0.1, -0.05) is 24.3 Å². The van der Waals surface area contributed by atoms with Gasteiger partial charge >= 0.3 is 0 Å². The molecule has 0 aromatic heterocycles. The van der Waals surface area contributed by atoms with E-state index in [1.807, 2.05) is 24.3 Å².